The van der Waals surface area contributed by atoms with E-state index in [2.05, 4.69) is 2.84 Å². The fourth-order valence-electron chi connectivity index (χ4n) is 0.102. The van der Waals surface area contributed by atoms with Crippen molar-refractivity contribution in [3.63, 3.8) is 0 Å². The molecule has 0 radical (unpaired) electrons. The zero-order valence-electron chi connectivity index (χ0n) is 4.38. The molecule has 56 valence electrons. The Balaban J connectivity index is 0. The van der Waals surface area contributed by atoms with Crippen LogP contribution in [0, 0.1) is 0 Å². The Morgan fingerprint density at radius 2 is 1.10 bits per heavy atom. The molecule has 0 N–H and O–H groups in total. The third kappa shape index (κ3) is 12.1. The van der Waals surface area contributed by atoms with Crippen LogP contribution in [0.15, 0.2) is 0 Å². The molecular weight excluding hydrogens is 256 g/mol. The van der Waals surface area contributed by atoms with Gasteiger partial charge in [-0.1, -0.05) is 0 Å². The van der Waals surface area contributed by atoms with E-state index in [4.69, 9.17) is 0 Å². The van der Waals surface area contributed by atoms with Crippen molar-refractivity contribution in [2.45, 2.75) is 0 Å². The fraction of sp³-hybridized carbons (Fsp3) is 0. The van der Waals surface area contributed by atoms with Crippen LogP contribution in [0.3, 0.4) is 0 Å². The maximum absolute atomic E-state index is 9.38. The van der Waals surface area contributed by atoms with Gasteiger partial charge in [-0.05, 0) is 0 Å². The summed E-state index contributed by atoms with van der Waals surface area (Å²) in [7, 11) is 0. The standard InChI is InChI=1S/Ca.2Cr.7O/q+2;;;;;;;;2*-1. The van der Waals surface area contributed by atoms with Gasteiger partial charge >= 0.3 is 91.3 Å². The second-order valence-electron chi connectivity index (χ2n) is 0.885. The van der Waals surface area contributed by atoms with Gasteiger partial charge in [0.15, 0.2) is 0 Å². The molecule has 0 saturated carbocycles. The average Bonchev–Trinajstić information content (AvgIpc) is 1.14. The van der Waals surface area contributed by atoms with E-state index in [1.165, 1.54) is 0 Å². The van der Waals surface area contributed by atoms with Crippen molar-refractivity contribution in [1.29, 1.82) is 0 Å². The van der Waals surface area contributed by atoms with Gasteiger partial charge in [-0.25, -0.2) is 0 Å². The quantitative estimate of drug-likeness (QED) is 0.474. The van der Waals surface area contributed by atoms with Crippen molar-refractivity contribution in [3.05, 3.63) is 0 Å². The molecule has 0 aliphatic rings. The van der Waals surface area contributed by atoms with E-state index in [1.54, 1.807) is 0 Å². The van der Waals surface area contributed by atoms with E-state index in [-0.39, 0.29) is 37.7 Å². The summed E-state index contributed by atoms with van der Waals surface area (Å²) >= 11 is -12.1. The molecule has 0 bridgehead atoms. The van der Waals surface area contributed by atoms with E-state index >= 15 is 0 Å². The van der Waals surface area contributed by atoms with Gasteiger partial charge in [-0.15, -0.1) is 0 Å². The summed E-state index contributed by atoms with van der Waals surface area (Å²) in [5.41, 5.74) is 0. The molecule has 0 fully saturated rings. The van der Waals surface area contributed by atoms with Gasteiger partial charge in [0.1, 0.15) is 0 Å². The Bertz CT molecular complexity index is 237. The SMILES string of the molecule is [Ca+2].[O]=[Cr](=[O])([O-])[O][Cr](=[O])(=[O])[O-]. The minimum atomic E-state index is -6.07. The van der Waals surface area contributed by atoms with Crippen LogP contribution in [0.1, 0.15) is 0 Å². The van der Waals surface area contributed by atoms with Crippen molar-refractivity contribution in [2.75, 3.05) is 0 Å². The molecule has 0 atom stereocenters. The molecule has 7 nitrogen and oxygen atoms in total. The number of hydrogen-bond acceptors (Lipinski definition) is 7. The van der Waals surface area contributed by atoms with Crippen LogP contribution in [-0.4, -0.2) is 37.7 Å². The van der Waals surface area contributed by atoms with E-state index in [1.807, 2.05) is 0 Å². The van der Waals surface area contributed by atoms with Crippen LogP contribution in [0.25, 0.3) is 0 Å². The molecule has 0 amide bonds. The van der Waals surface area contributed by atoms with E-state index in [0.29, 0.717) is 0 Å². The summed E-state index contributed by atoms with van der Waals surface area (Å²) < 4.78 is 58.9. The van der Waals surface area contributed by atoms with Crippen molar-refractivity contribution < 1.29 is 53.6 Å². The minimum absolute atomic E-state index is 0. The Morgan fingerprint density at radius 3 is 1.10 bits per heavy atom. The summed E-state index contributed by atoms with van der Waals surface area (Å²) in [6, 6.07) is 0. The van der Waals surface area contributed by atoms with Gasteiger partial charge in [0, 0.05) is 0 Å². The zero-order chi connectivity index (χ0) is 7.71. The van der Waals surface area contributed by atoms with Crippen LogP contribution >= 0.6 is 0 Å². The van der Waals surface area contributed by atoms with Crippen LogP contribution in [-0.2, 0) is 45.3 Å². The second kappa shape index (κ2) is 4.44. The topological polar surface area (TPSA) is 124 Å². The third-order valence-corrected chi connectivity index (χ3v) is 2.83. The summed E-state index contributed by atoms with van der Waals surface area (Å²) in [6.45, 7) is 0. The van der Waals surface area contributed by atoms with Gasteiger partial charge in [-0.3, -0.25) is 0 Å². The Hall–Kier alpha value is 1.40. The second-order valence-corrected chi connectivity index (χ2v) is 4.52. The van der Waals surface area contributed by atoms with E-state index < -0.39 is 27.2 Å². The number of rotatable bonds is 2. The molecule has 0 heterocycles. The monoisotopic (exact) mass is 256 g/mol. The van der Waals surface area contributed by atoms with Crippen molar-refractivity contribution >= 4 is 37.7 Å². The number of hydrogen-bond donors (Lipinski definition) is 0. The van der Waals surface area contributed by atoms with Crippen molar-refractivity contribution in [2.24, 2.45) is 0 Å². The first kappa shape index (κ1) is 14.0. The molecule has 0 aromatic carbocycles. The average molecular weight is 256 g/mol. The molecule has 10 heteroatoms. The molecule has 0 aromatic rings. The molecular formula is CaCr2O7. The first-order valence-corrected chi connectivity index (χ1v) is 5.50. The third-order valence-electron chi connectivity index (χ3n) is 0.167. The summed E-state index contributed by atoms with van der Waals surface area (Å²) in [6.07, 6.45) is 0. The molecule has 0 spiro atoms. The van der Waals surface area contributed by atoms with Gasteiger partial charge < -0.3 is 0 Å². The first-order chi connectivity index (χ1) is 3.71. The van der Waals surface area contributed by atoms with Crippen molar-refractivity contribution in [3.8, 4) is 0 Å². The van der Waals surface area contributed by atoms with Gasteiger partial charge in [0.2, 0.25) is 0 Å². The maximum atomic E-state index is 9.38. The normalized spacial score (nSPS) is 12.2. The molecule has 0 aromatic heterocycles. The van der Waals surface area contributed by atoms with Crippen LogP contribution in [0.5, 0.6) is 0 Å². The van der Waals surface area contributed by atoms with Crippen molar-refractivity contribution in [1.82, 2.24) is 0 Å². The van der Waals surface area contributed by atoms with Crippen LogP contribution < -0.4 is 8.32 Å². The van der Waals surface area contributed by atoms with Crippen LogP contribution in [0.2, 0.25) is 0 Å². The van der Waals surface area contributed by atoms with E-state index in [0.717, 1.165) is 0 Å². The molecule has 0 aliphatic heterocycles. The van der Waals surface area contributed by atoms with Gasteiger partial charge in [0.25, 0.3) is 0 Å². The van der Waals surface area contributed by atoms with Crippen LogP contribution in [0.4, 0.5) is 0 Å². The molecule has 0 rings (SSSR count). The molecule has 0 unspecified atom stereocenters. The Morgan fingerprint density at radius 1 is 0.900 bits per heavy atom. The Kier molecular flexibility index (Phi) is 6.19. The van der Waals surface area contributed by atoms with E-state index in [9.17, 15) is 23.5 Å². The first-order valence-electron chi connectivity index (χ1n) is 1.33. The molecule has 0 saturated heterocycles. The zero-order valence-corrected chi connectivity index (χ0v) is 9.14. The summed E-state index contributed by atoms with van der Waals surface area (Å²) in [4.78, 5) is 0. The van der Waals surface area contributed by atoms with Gasteiger partial charge in [0.05, 0.1) is 0 Å². The predicted molar refractivity (Wildman–Crippen MR) is 9.59 cm³/mol. The Labute approximate surface area is 90.1 Å². The fourth-order valence-corrected chi connectivity index (χ4v) is 1.74. The van der Waals surface area contributed by atoms with Gasteiger partial charge in [-0.2, -0.15) is 0 Å². The summed E-state index contributed by atoms with van der Waals surface area (Å²) in [5, 5.41) is 0. The predicted octanol–water partition coefficient (Wildman–Crippen LogP) is -3.31. The summed E-state index contributed by atoms with van der Waals surface area (Å²) in [5.74, 6) is 0. The molecule has 10 heavy (non-hydrogen) atoms. The molecule has 0 aliphatic carbocycles.